The summed E-state index contributed by atoms with van der Waals surface area (Å²) in [4.78, 5) is 51.4. The molecule has 2 aromatic heterocycles. The molecule has 3 amide bonds. The molecule has 0 aliphatic carbocycles. The molecule has 3 saturated heterocycles. The smallest absolute Gasteiger partial charge is 0.326 e. The van der Waals surface area contributed by atoms with Crippen molar-refractivity contribution in [1.82, 2.24) is 29.7 Å². The number of nitrogens with one attached hydrogen (secondary N) is 2. The maximum atomic E-state index is 13.3. The van der Waals surface area contributed by atoms with Crippen LogP contribution in [0.25, 0.3) is 11.2 Å². The fourth-order valence-corrected chi connectivity index (χ4v) is 5.54. The zero-order valence-electron chi connectivity index (χ0n) is 21.7. The SMILES string of the molecule is CCNC(=O)Nc1ncnc2c1ncn2C1OC(CC(=O)N2CCC[C@H]2C(=O)O)C2O[C@H](c3ccccc3)OC21. The highest BCUT2D eigenvalue weighted by Crippen LogP contribution is 2.46. The molecular formula is C26H29N7O7. The lowest BCUT2D eigenvalue weighted by atomic mass is 10.1. The van der Waals surface area contributed by atoms with Crippen molar-refractivity contribution < 1.29 is 33.7 Å². The van der Waals surface area contributed by atoms with E-state index in [1.807, 2.05) is 30.3 Å². The number of hydrogen-bond acceptors (Lipinski definition) is 9. The summed E-state index contributed by atoms with van der Waals surface area (Å²) >= 11 is 0. The summed E-state index contributed by atoms with van der Waals surface area (Å²) in [6.07, 6.45) is 0.427. The Bertz CT molecular complexity index is 1420. The molecule has 0 spiro atoms. The highest BCUT2D eigenvalue weighted by Gasteiger charge is 2.55. The fraction of sp³-hybridized carbons (Fsp3) is 0.462. The molecule has 3 N–H and O–H groups in total. The molecule has 14 heteroatoms. The van der Waals surface area contributed by atoms with Gasteiger partial charge >= 0.3 is 12.0 Å². The van der Waals surface area contributed by atoms with Crippen LogP contribution >= 0.6 is 0 Å². The van der Waals surface area contributed by atoms with Gasteiger partial charge in [0.15, 0.2) is 29.5 Å². The van der Waals surface area contributed by atoms with E-state index in [9.17, 15) is 19.5 Å². The number of amides is 3. The third kappa shape index (κ3) is 4.74. The number of anilines is 1. The predicted octanol–water partition coefficient (Wildman–Crippen LogP) is 1.81. The van der Waals surface area contributed by atoms with Gasteiger partial charge in [-0.05, 0) is 19.8 Å². The van der Waals surface area contributed by atoms with Gasteiger partial charge in [0.25, 0.3) is 0 Å². The molecule has 0 radical (unpaired) electrons. The molecule has 210 valence electrons. The number of carbonyl (C=O) groups excluding carboxylic acids is 2. The Morgan fingerprint density at radius 1 is 1.07 bits per heavy atom. The average molecular weight is 552 g/mol. The number of likely N-dealkylation sites (tertiary alicyclic amines) is 1. The van der Waals surface area contributed by atoms with E-state index in [0.29, 0.717) is 37.1 Å². The van der Waals surface area contributed by atoms with Gasteiger partial charge in [0.1, 0.15) is 24.6 Å². The van der Waals surface area contributed by atoms with Crippen LogP contribution in [-0.2, 0) is 23.8 Å². The van der Waals surface area contributed by atoms with E-state index in [0.717, 1.165) is 5.56 Å². The first kappa shape index (κ1) is 26.1. The first-order valence-corrected chi connectivity index (χ1v) is 13.2. The molecule has 3 fully saturated rings. The van der Waals surface area contributed by atoms with E-state index in [1.165, 1.54) is 17.6 Å². The van der Waals surface area contributed by atoms with E-state index in [4.69, 9.17) is 14.2 Å². The Morgan fingerprint density at radius 2 is 1.88 bits per heavy atom. The van der Waals surface area contributed by atoms with Crippen molar-refractivity contribution in [3.8, 4) is 0 Å². The van der Waals surface area contributed by atoms with Crippen molar-refractivity contribution in [2.45, 2.75) is 63.1 Å². The third-order valence-corrected chi connectivity index (χ3v) is 7.35. The van der Waals surface area contributed by atoms with Crippen LogP contribution in [0.3, 0.4) is 0 Å². The van der Waals surface area contributed by atoms with Gasteiger partial charge in [0, 0.05) is 18.7 Å². The standard InChI is InChI=1S/C26H29N7O7/c1-2-27-26(37)31-21-18-22(29-12-28-21)33(13-30-18)23-20-19(39-25(40-20)14-7-4-3-5-8-14)16(38-23)11-17(34)32-10-6-9-15(32)24(35)36/h3-5,7-8,12-13,15-16,19-20,23,25H,2,6,9-11H2,1H3,(H,35,36)(H2,27,28,29,31,37)/t15-,16?,19?,20?,23?,25-/m0/s1. The van der Waals surface area contributed by atoms with E-state index in [2.05, 4.69) is 25.6 Å². The lowest BCUT2D eigenvalue weighted by molar-refractivity contribution is -0.159. The molecule has 6 atom stereocenters. The van der Waals surface area contributed by atoms with E-state index < -0.39 is 48.9 Å². The Morgan fingerprint density at radius 3 is 2.65 bits per heavy atom. The third-order valence-electron chi connectivity index (χ3n) is 7.35. The molecule has 3 aromatic rings. The first-order chi connectivity index (χ1) is 19.4. The molecule has 0 bridgehead atoms. The van der Waals surface area contributed by atoms with Crippen LogP contribution in [0.4, 0.5) is 10.6 Å². The number of nitrogens with zero attached hydrogens (tertiary/aromatic N) is 5. The van der Waals surface area contributed by atoms with Gasteiger partial charge in [0.2, 0.25) is 5.91 Å². The number of ether oxygens (including phenoxy) is 3. The minimum absolute atomic E-state index is 0.0715. The number of carboxylic acids is 1. The Hall–Kier alpha value is -4.14. The molecule has 3 aliphatic rings. The van der Waals surface area contributed by atoms with E-state index in [1.54, 1.807) is 11.5 Å². The summed E-state index contributed by atoms with van der Waals surface area (Å²) < 4.78 is 20.7. The quantitative estimate of drug-likeness (QED) is 0.393. The number of benzene rings is 1. The number of urea groups is 1. The zero-order chi connectivity index (χ0) is 27.8. The van der Waals surface area contributed by atoms with Gasteiger partial charge in [-0.3, -0.25) is 14.7 Å². The van der Waals surface area contributed by atoms with Crippen LogP contribution in [0.15, 0.2) is 43.0 Å². The summed E-state index contributed by atoms with van der Waals surface area (Å²) in [5, 5.41) is 14.9. The highest BCUT2D eigenvalue weighted by molar-refractivity contribution is 5.95. The summed E-state index contributed by atoms with van der Waals surface area (Å²) in [6, 6.07) is 8.18. The highest BCUT2D eigenvalue weighted by atomic mass is 16.8. The number of carboxylic acid groups (broad SMARTS) is 1. The van der Waals surface area contributed by atoms with Crippen molar-refractivity contribution in [2.24, 2.45) is 0 Å². The van der Waals surface area contributed by atoms with Crippen LogP contribution in [0.1, 0.15) is 44.3 Å². The number of imidazole rings is 1. The van der Waals surface area contributed by atoms with Crippen LogP contribution in [0.5, 0.6) is 0 Å². The van der Waals surface area contributed by atoms with Crippen molar-refractivity contribution >= 4 is 34.9 Å². The summed E-state index contributed by atoms with van der Waals surface area (Å²) in [7, 11) is 0. The van der Waals surface area contributed by atoms with Crippen molar-refractivity contribution in [3.05, 3.63) is 48.5 Å². The summed E-state index contributed by atoms with van der Waals surface area (Å²) in [5.41, 5.74) is 1.57. The van der Waals surface area contributed by atoms with Crippen LogP contribution in [0, 0.1) is 0 Å². The summed E-state index contributed by atoms with van der Waals surface area (Å²) in [6.45, 7) is 2.63. The molecule has 40 heavy (non-hydrogen) atoms. The van der Waals surface area contributed by atoms with Gasteiger partial charge in [-0.2, -0.15) is 0 Å². The van der Waals surface area contributed by atoms with Crippen LogP contribution in [-0.4, -0.2) is 84.9 Å². The van der Waals surface area contributed by atoms with Gasteiger partial charge in [-0.25, -0.2) is 24.5 Å². The van der Waals surface area contributed by atoms with Crippen molar-refractivity contribution in [3.63, 3.8) is 0 Å². The van der Waals surface area contributed by atoms with Crippen molar-refractivity contribution in [2.75, 3.05) is 18.4 Å². The molecule has 5 heterocycles. The van der Waals surface area contributed by atoms with Crippen LogP contribution in [0.2, 0.25) is 0 Å². The summed E-state index contributed by atoms with van der Waals surface area (Å²) in [5.74, 6) is -1.09. The maximum absolute atomic E-state index is 13.3. The topological polar surface area (TPSA) is 170 Å². The Kier molecular flexibility index (Phi) is 7.04. The Balaban J connectivity index is 1.29. The van der Waals surface area contributed by atoms with Gasteiger partial charge in [-0.15, -0.1) is 0 Å². The second-order valence-electron chi connectivity index (χ2n) is 9.83. The minimum atomic E-state index is -1.01. The van der Waals surface area contributed by atoms with Gasteiger partial charge in [0.05, 0.1) is 18.9 Å². The number of rotatable bonds is 7. The Labute approximate surface area is 228 Å². The van der Waals surface area contributed by atoms with Gasteiger partial charge in [-0.1, -0.05) is 30.3 Å². The number of carbonyl (C=O) groups is 3. The fourth-order valence-electron chi connectivity index (χ4n) is 5.54. The molecule has 6 rings (SSSR count). The largest absolute Gasteiger partial charge is 0.480 e. The van der Waals surface area contributed by atoms with E-state index in [-0.39, 0.29) is 18.1 Å². The lowest BCUT2D eigenvalue weighted by Crippen LogP contribution is -2.43. The zero-order valence-corrected chi connectivity index (χ0v) is 21.7. The second kappa shape index (κ2) is 10.8. The van der Waals surface area contributed by atoms with Crippen LogP contribution < -0.4 is 10.6 Å². The number of aromatic nitrogens is 4. The molecular weight excluding hydrogens is 522 g/mol. The molecule has 1 aromatic carbocycles. The van der Waals surface area contributed by atoms with E-state index >= 15 is 0 Å². The first-order valence-electron chi connectivity index (χ1n) is 13.2. The number of aliphatic carboxylic acids is 1. The van der Waals surface area contributed by atoms with Gasteiger partial charge < -0.3 is 29.5 Å². The second-order valence-corrected chi connectivity index (χ2v) is 9.83. The minimum Gasteiger partial charge on any atom is -0.480 e. The number of hydrogen-bond donors (Lipinski definition) is 3. The molecule has 3 aliphatic heterocycles. The monoisotopic (exact) mass is 551 g/mol. The lowest BCUT2D eigenvalue weighted by Gasteiger charge is -2.25. The number of fused-ring (bicyclic) bond motifs is 2. The maximum Gasteiger partial charge on any atom is 0.326 e. The molecule has 14 nitrogen and oxygen atoms in total. The normalized spacial score (nSPS) is 27.6. The molecule has 4 unspecified atom stereocenters. The average Bonchev–Trinajstić information content (AvgIpc) is 3.73. The van der Waals surface area contributed by atoms with Crippen molar-refractivity contribution in [1.29, 1.82) is 0 Å². The molecule has 0 saturated carbocycles. The predicted molar refractivity (Wildman–Crippen MR) is 138 cm³/mol.